The van der Waals surface area contributed by atoms with Crippen LogP contribution in [0, 0.1) is 32.4 Å². The molecule has 0 aliphatic rings. The van der Waals surface area contributed by atoms with Gasteiger partial charge < -0.3 is 10.6 Å². The molecule has 150 valence electrons. The van der Waals surface area contributed by atoms with Gasteiger partial charge in [0.05, 0.1) is 0 Å². The fourth-order valence-corrected chi connectivity index (χ4v) is 2.74. The van der Waals surface area contributed by atoms with Crippen molar-refractivity contribution < 1.29 is 13.6 Å². The molecule has 3 rings (SSSR count). The molecule has 6 nitrogen and oxygen atoms in total. The molecule has 0 aliphatic carbocycles. The van der Waals surface area contributed by atoms with E-state index < -0.39 is 17.3 Å². The minimum Gasteiger partial charge on any atom is -0.326 e. The number of halogens is 2. The van der Waals surface area contributed by atoms with Crippen LogP contribution in [-0.4, -0.2) is 15.5 Å². The predicted octanol–water partition coefficient (Wildman–Crippen LogP) is 3.83. The zero-order valence-corrected chi connectivity index (χ0v) is 16.2. The summed E-state index contributed by atoms with van der Waals surface area (Å²) in [5.41, 5.74) is 1.74. The van der Waals surface area contributed by atoms with Crippen molar-refractivity contribution in [2.75, 3.05) is 10.6 Å². The monoisotopic (exact) mass is 398 g/mol. The highest BCUT2D eigenvalue weighted by Gasteiger charge is 2.13. The van der Waals surface area contributed by atoms with Crippen molar-refractivity contribution in [2.45, 2.75) is 27.3 Å². The van der Waals surface area contributed by atoms with E-state index in [2.05, 4.69) is 15.6 Å². The number of hydrogen-bond donors (Lipinski definition) is 2. The molecule has 0 saturated carbocycles. The van der Waals surface area contributed by atoms with E-state index in [4.69, 9.17) is 0 Å². The van der Waals surface area contributed by atoms with Gasteiger partial charge in [-0.25, -0.2) is 13.8 Å². The Balaban J connectivity index is 1.86. The summed E-state index contributed by atoms with van der Waals surface area (Å²) in [6, 6.07) is 10.0. The van der Waals surface area contributed by atoms with Gasteiger partial charge in [0.2, 0.25) is 11.9 Å². The zero-order chi connectivity index (χ0) is 21.1. The number of aryl methyl sites for hydroxylation is 3. The number of carbonyl (C=O) groups excluding carboxylic acids is 1. The first-order chi connectivity index (χ1) is 13.7. The maximum atomic E-state index is 13.7. The predicted molar refractivity (Wildman–Crippen MR) is 107 cm³/mol. The van der Waals surface area contributed by atoms with Crippen LogP contribution < -0.4 is 16.2 Å². The van der Waals surface area contributed by atoms with E-state index in [1.807, 2.05) is 0 Å². The maximum Gasteiger partial charge on any atom is 0.255 e. The van der Waals surface area contributed by atoms with Gasteiger partial charge in [-0.15, -0.1) is 0 Å². The Kier molecular flexibility index (Phi) is 5.72. The van der Waals surface area contributed by atoms with E-state index in [0.717, 1.165) is 4.57 Å². The van der Waals surface area contributed by atoms with Gasteiger partial charge in [0, 0.05) is 23.1 Å². The Morgan fingerprint density at radius 3 is 2.38 bits per heavy atom. The summed E-state index contributed by atoms with van der Waals surface area (Å²) in [6.07, 6.45) is 0. The molecular weight excluding hydrogens is 378 g/mol. The Bertz CT molecular complexity index is 1140. The smallest absolute Gasteiger partial charge is 0.255 e. The molecule has 0 spiro atoms. The molecule has 0 bridgehead atoms. The average Bonchev–Trinajstić information content (AvgIpc) is 2.64. The molecule has 8 heteroatoms. The van der Waals surface area contributed by atoms with Crippen molar-refractivity contribution in [3.63, 3.8) is 0 Å². The van der Waals surface area contributed by atoms with Crippen LogP contribution in [0.1, 0.15) is 16.8 Å². The average molecular weight is 398 g/mol. The van der Waals surface area contributed by atoms with Gasteiger partial charge in [-0.1, -0.05) is 6.07 Å². The highest BCUT2D eigenvalue weighted by atomic mass is 19.1. The number of amides is 1. The molecule has 1 heterocycles. The second kappa shape index (κ2) is 8.22. The number of aromatic nitrogens is 2. The van der Waals surface area contributed by atoms with Gasteiger partial charge in [-0.2, -0.15) is 0 Å². The number of nitrogens with zero attached hydrogens (tertiary/aromatic N) is 2. The normalized spacial score (nSPS) is 10.7. The van der Waals surface area contributed by atoms with E-state index in [1.165, 1.54) is 24.3 Å². The fourth-order valence-electron chi connectivity index (χ4n) is 2.74. The molecule has 1 amide bonds. The molecule has 3 aromatic rings. The first-order valence-corrected chi connectivity index (χ1v) is 8.90. The van der Waals surface area contributed by atoms with E-state index in [0.29, 0.717) is 22.5 Å². The van der Waals surface area contributed by atoms with Gasteiger partial charge in [-0.3, -0.25) is 14.2 Å². The van der Waals surface area contributed by atoms with Crippen LogP contribution in [0.25, 0.3) is 0 Å². The molecule has 0 fully saturated rings. The molecule has 2 N–H and O–H groups in total. The van der Waals surface area contributed by atoms with Crippen molar-refractivity contribution in [3.05, 3.63) is 81.3 Å². The molecule has 29 heavy (non-hydrogen) atoms. The molecule has 0 atom stereocenters. The number of benzene rings is 2. The molecule has 0 radical (unpaired) electrons. The fraction of sp³-hybridized carbons (Fsp3) is 0.190. The molecule has 0 unspecified atom stereocenters. The summed E-state index contributed by atoms with van der Waals surface area (Å²) < 4.78 is 28.3. The van der Waals surface area contributed by atoms with Crippen molar-refractivity contribution in [1.82, 2.24) is 9.55 Å². The molecule has 0 saturated heterocycles. The third kappa shape index (κ3) is 4.84. The molecule has 0 aliphatic heterocycles. The van der Waals surface area contributed by atoms with Crippen LogP contribution in [0.4, 0.5) is 26.1 Å². The minimum absolute atomic E-state index is 0.145. The lowest BCUT2D eigenvalue weighted by Crippen LogP contribution is -2.30. The zero-order valence-electron chi connectivity index (χ0n) is 16.2. The summed E-state index contributed by atoms with van der Waals surface area (Å²) in [6.45, 7) is 4.56. The first-order valence-electron chi connectivity index (χ1n) is 8.90. The lowest BCUT2D eigenvalue weighted by molar-refractivity contribution is -0.116. The Morgan fingerprint density at radius 1 is 0.966 bits per heavy atom. The lowest BCUT2D eigenvalue weighted by atomic mass is 10.2. The van der Waals surface area contributed by atoms with Crippen LogP contribution in [0.15, 0.2) is 47.3 Å². The van der Waals surface area contributed by atoms with Crippen LogP contribution in [0.3, 0.4) is 0 Å². The highest BCUT2D eigenvalue weighted by Crippen LogP contribution is 2.18. The number of anilines is 3. The molecule has 2 aromatic carbocycles. The van der Waals surface area contributed by atoms with Crippen molar-refractivity contribution in [2.24, 2.45) is 0 Å². The van der Waals surface area contributed by atoms with E-state index in [1.54, 1.807) is 39.0 Å². The Labute approximate surface area is 166 Å². The van der Waals surface area contributed by atoms with Gasteiger partial charge in [0.1, 0.15) is 18.2 Å². The number of hydrogen-bond acceptors (Lipinski definition) is 4. The third-order valence-corrected chi connectivity index (χ3v) is 4.31. The van der Waals surface area contributed by atoms with Crippen LogP contribution in [0.5, 0.6) is 0 Å². The first kappa shape index (κ1) is 20.2. The number of nitrogens with one attached hydrogen (secondary N) is 2. The van der Waals surface area contributed by atoms with Gasteiger partial charge in [-0.05, 0) is 62.2 Å². The quantitative estimate of drug-likeness (QED) is 0.685. The van der Waals surface area contributed by atoms with Crippen LogP contribution in [0.2, 0.25) is 0 Å². The second-order valence-corrected chi connectivity index (χ2v) is 6.75. The van der Waals surface area contributed by atoms with Crippen molar-refractivity contribution in [1.29, 1.82) is 0 Å². The summed E-state index contributed by atoms with van der Waals surface area (Å²) in [4.78, 5) is 29.1. The summed E-state index contributed by atoms with van der Waals surface area (Å²) in [5.74, 6) is -1.16. The van der Waals surface area contributed by atoms with Gasteiger partial charge in [0.25, 0.3) is 5.56 Å². The second-order valence-electron chi connectivity index (χ2n) is 6.75. The minimum atomic E-state index is -0.514. The van der Waals surface area contributed by atoms with Crippen molar-refractivity contribution in [3.8, 4) is 0 Å². The lowest BCUT2D eigenvalue weighted by Gasteiger charge is -2.15. The summed E-state index contributed by atoms with van der Waals surface area (Å²) in [7, 11) is 0. The van der Waals surface area contributed by atoms with E-state index in [9.17, 15) is 18.4 Å². The Morgan fingerprint density at radius 2 is 1.69 bits per heavy atom. The SMILES string of the molecule is Cc1cc(=O)n(CC(=O)Nc2ccc(C)c(F)c2)c(Nc2ccc(F)c(C)c2)n1. The molecular formula is C21H20F2N4O2. The highest BCUT2D eigenvalue weighted by molar-refractivity contribution is 5.90. The van der Waals surface area contributed by atoms with Gasteiger partial charge in [0.15, 0.2) is 0 Å². The summed E-state index contributed by atoms with van der Waals surface area (Å²) in [5, 5.41) is 5.52. The van der Waals surface area contributed by atoms with Crippen LogP contribution >= 0.6 is 0 Å². The largest absolute Gasteiger partial charge is 0.326 e. The third-order valence-electron chi connectivity index (χ3n) is 4.31. The number of carbonyl (C=O) groups is 1. The maximum absolute atomic E-state index is 13.7. The van der Waals surface area contributed by atoms with E-state index >= 15 is 0 Å². The Hall–Kier alpha value is -3.55. The van der Waals surface area contributed by atoms with E-state index in [-0.39, 0.29) is 24.0 Å². The van der Waals surface area contributed by atoms with Crippen molar-refractivity contribution >= 4 is 23.2 Å². The number of rotatable bonds is 5. The standard InChI is InChI=1S/C21H20F2N4O2/c1-12-4-5-16(10-18(12)23)25-19(28)11-27-20(29)9-14(3)24-21(27)26-15-6-7-17(22)13(2)8-15/h4-10H,11H2,1-3H3,(H,24,26)(H,25,28). The molecule has 1 aromatic heterocycles. The van der Waals surface area contributed by atoms with Gasteiger partial charge >= 0.3 is 0 Å². The van der Waals surface area contributed by atoms with Crippen LogP contribution in [-0.2, 0) is 11.3 Å². The summed E-state index contributed by atoms with van der Waals surface area (Å²) >= 11 is 0. The topological polar surface area (TPSA) is 76.0 Å².